The van der Waals surface area contributed by atoms with Crippen LogP contribution in [-0.2, 0) is 16.0 Å². The van der Waals surface area contributed by atoms with Gasteiger partial charge in [0, 0.05) is 44.1 Å². The molecule has 2 aromatic rings. The van der Waals surface area contributed by atoms with Gasteiger partial charge in [-0.2, -0.15) is 0 Å². The molecule has 1 N–H and O–H groups in total. The molecule has 0 aliphatic carbocycles. The van der Waals surface area contributed by atoms with Crippen LogP contribution in [0.5, 0.6) is 0 Å². The second-order valence-electron chi connectivity index (χ2n) is 8.88. The Kier molecular flexibility index (Phi) is 6.95. The molecule has 30 heavy (non-hydrogen) atoms. The van der Waals surface area contributed by atoms with Crippen LogP contribution < -0.4 is 5.32 Å². The Balaban J connectivity index is 1.83. The van der Waals surface area contributed by atoms with Crippen molar-refractivity contribution in [1.29, 1.82) is 0 Å². The topological polar surface area (TPSA) is 75.4 Å². The number of nitrogens with zero attached hydrogens (tertiary/aromatic N) is 2. The van der Waals surface area contributed by atoms with Gasteiger partial charge in [0.05, 0.1) is 5.41 Å². The van der Waals surface area contributed by atoms with Gasteiger partial charge in [0.2, 0.25) is 11.8 Å². The number of carbonyl (C=O) groups excluding carboxylic acids is 2. The van der Waals surface area contributed by atoms with Gasteiger partial charge in [-0.1, -0.05) is 48.8 Å². The number of carbonyl (C=O) groups is 2. The number of aryl methyl sites for hydroxylation is 1. The maximum atomic E-state index is 13.1. The minimum atomic E-state index is -0.690. The third kappa shape index (κ3) is 5.10. The van der Waals surface area contributed by atoms with Crippen molar-refractivity contribution in [3.8, 4) is 11.3 Å². The van der Waals surface area contributed by atoms with Crippen molar-refractivity contribution >= 4 is 11.8 Å². The molecular weight excluding hydrogens is 378 g/mol. The van der Waals surface area contributed by atoms with Gasteiger partial charge in [0.1, 0.15) is 11.5 Å². The number of nitrogens with one attached hydrogen (secondary N) is 1. The van der Waals surface area contributed by atoms with E-state index in [-0.39, 0.29) is 11.8 Å². The van der Waals surface area contributed by atoms with E-state index in [4.69, 9.17) is 4.52 Å². The van der Waals surface area contributed by atoms with Gasteiger partial charge in [-0.15, -0.1) is 0 Å². The average Bonchev–Trinajstić information content (AvgIpc) is 3.16. The molecule has 1 saturated heterocycles. The maximum Gasteiger partial charge on any atom is 0.228 e. The lowest BCUT2D eigenvalue weighted by Crippen LogP contribution is -2.54. The zero-order valence-corrected chi connectivity index (χ0v) is 18.5. The highest BCUT2D eigenvalue weighted by molar-refractivity contribution is 5.85. The first-order valence-corrected chi connectivity index (χ1v) is 10.9. The smallest absolute Gasteiger partial charge is 0.228 e. The summed E-state index contributed by atoms with van der Waals surface area (Å²) in [6.45, 7) is 9.73. The zero-order valence-electron chi connectivity index (χ0n) is 18.5. The molecule has 1 atom stereocenters. The predicted molar refractivity (Wildman–Crippen MR) is 117 cm³/mol. The zero-order chi connectivity index (χ0) is 21.7. The Morgan fingerprint density at radius 3 is 2.67 bits per heavy atom. The number of benzene rings is 1. The second kappa shape index (κ2) is 9.45. The monoisotopic (exact) mass is 411 g/mol. The third-order valence-corrected chi connectivity index (χ3v) is 5.75. The van der Waals surface area contributed by atoms with Crippen LogP contribution in [0.2, 0.25) is 0 Å². The Hall–Kier alpha value is -2.63. The SMILES string of the molecule is CCNC(=O)[C@]1(Cc2cc(-c3ccc(C)cc3)no2)CCCN(C(=O)CC(C)C)C1. The first-order chi connectivity index (χ1) is 14.3. The third-order valence-electron chi connectivity index (χ3n) is 5.75. The van der Waals surface area contributed by atoms with Crippen LogP contribution in [0.4, 0.5) is 0 Å². The second-order valence-corrected chi connectivity index (χ2v) is 8.88. The number of rotatable bonds is 7. The van der Waals surface area contributed by atoms with Gasteiger partial charge in [0.15, 0.2) is 0 Å². The van der Waals surface area contributed by atoms with Gasteiger partial charge in [-0.05, 0) is 32.6 Å². The lowest BCUT2D eigenvalue weighted by atomic mass is 9.75. The van der Waals surface area contributed by atoms with E-state index in [0.29, 0.717) is 44.2 Å². The summed E-state index contributed by atoms with van der Waals surface area (Å²) in [4.78, 5) is 27.7. The van der Waals surface area contributed by atoms with Crippen molar-refractivity contribution in [1.82, 2.24) is 15.4 Å². The minimum Gasteiger partial charge on any atom is -0.361 e. The standard InChI is InChI=1S/C24H33N3O3/c1-5-25-23(29)24(11-6-12-27(16-24)22(28)13-17(2)3)15-20-14-21(26-30-20)19-9-7-18(4)8-10-19/h7-10,14,17H,5-6,11-13,15-16H2,1-4H3,(H,25,29)/t24-/m0/s1. The van der Waals surface area contributed by atoms with E-state index in [1.165, 1.54) is 5.56 Å². The van der Waals surface area contributed by atoms with E-state index < -0.39 is 5.41 Å². The van der Waals surface area contributed by atoms with E-state index in [9.17, 15) is 9.59 Å². The van der Waals surface area contributed by atoms with Crippen molar-refractivity contribution in [2.24, 2.45) is 11.3 Å². The molecule has 0 radical (unpaired) electrons. The Morgan fingerprint density at radius 1 is 1.27 bits per heavy atom. The van der Waals surface area contributed by atoms with E-state index in [0.717, 1.165) is 24.1 Å². The Bertz CT molecular complexity index is 872. The molecule has 0 bridgehead atoms. The number of aromatic nitrogens is 1. The molecular formula is C24H33N3O3. The minimum absolute atomic E-state index is 0.0136. The van der Waals surface area contributed by atoms with Crippen LogP contribution >= 0.6 is 0 Å². The summed E-state index contributed by atoms with van der Waals surface area (Å²) in [6, 6.07) is 10.0. The predicted octanol–water partition coefficient (Wildman–Crippen LogP) is 3.98. The van der Waals surface area contributed by atoms with Crippen LogP contribution in [0, 0.1) is 18.3 Å². The fourth-order valence-electron chi connectivity index (χ4n) is 4.17. The largest absolute Gasteiger partial charge is 0.361 e. The van der Waals surface area contributed by atoms with Crippen molar-refractivity contribution in [2.45, 2.75) is 53.4 Å². The van der Waals surface area contributed by atoms with Crippen molar-refractivity contribution in [3.63, 3.8) is 0 Å². The lowest BCUT2D eigenvalue weighted by molar-refractivity contribution is -0.142. The average molecular weight is 412 g/mol. The van der Waals surface area contributed by atoms with Crippen LogP contribution in [0.1, 0.15) is 51.4 Å². The van der Waals surface area contributed by atoms with Crippen LogP contribution in [0.15, 0.2) is 34.9 Å². The molecule has 2 heterocycles. The number of amides is 2. The fourth-order valence-corrected chi connectivity index (χ4v) is 4.17. The molecule has 162 valence electrons. The van der Waals surface area contributed by atoms with Gasteiger partial charge in [0.25, 0.3) is 0 Å². The quantitative estimate of drug-likeness (QED) is 0.748. The lowest BCUT2D eigenvalue weighted by Gasteiger charge is -2.41. The first-order valence-electron chi connectivity index (χ1n) is 10.9. The maximum absolute atomic E-state index is 13.1. The summed E-state index contributed by atoms with van der Waals surface area (Å²) >= 11 is 0. The van der Waals surface area contributed by atoms with Gasteiger partial charge in [-0.25, -0.2) is 0 Å². The summed E-state index contributed by atoms with van der Waals surface area (Å²) < 4.78 is 5.63. The van der Waals surface area contributed by atoms with Crippen LogP contribution in [0.25, 0.3) is 11.3 Å². The molecule has 6 nitrogen and oxygen atoms in total. The molecule has 1 aromatic heterocycles. The summed E-state index contributed by atoms with van der Waals surface area (Å²) in [5.74, 6) is 1.08. The highest BCUT2D eigenvalue weighted by Crippen LogP contribution is 2.35. The van der Waals surface area contributed by atoms with Crippen LogP contribution in [-0.4, -0.2) is 41.5 Å². The van der Waals surface area contributed by atoms with Gasteiger partial charge < -0.3 is 14.7 Å². The Morgan fingerprint density at radius 2 is 2.00 bits per heavy atom. The molecule has 1 aromatic carbocycles. The number of hydrogen-bond acceptors (Lipinski definition) is 4. The summed E-state index contributed by atoms with van der Waals surface area (Å²) in [5.41, 5.74) is 2.25. The number of likely N-dealkylation sites (tertiary alicyclic amines) is 1. The highest BCUT2D eigenvalue weighted by Gasteiger charge is 2.44. The molecule has 1 aliphatic rings. The molecule has 3 rings (SSSR count). The fraction of sp³-hybridized carbons (Fsp3) is 0.542. The molecule has 2 amide bonds. The Labute approximate surface area is 179 Å². The van der Waals surface area contributed by atoms with Crippen molar-refractivity contribution in [2.75, 3.05) is 19.6 Å². The summed E-state index contributed by atoms with van der Waals surface area (Å²) in [5, 5.41) is 7.21. The number of piperidine rings is 1. The van der Waals surface area contributed by atoms with Gasteiger partial charge >= 0.3 is 0 Å². The molecule has 0 unspecified atom stereocenters. The number of hydrogen-bond donors (Lipinski definition) is 1. The van der Waals surface area contributed by atoms with E-state index >= 15 is 0 Å². The van der Waals surface area contributed by atoms with E-state index in [2.05, 4.69) is 10.5 Å². The van der Waals surface area contributed by atoms with Crippen molar-refractivity contribution in [3.05, 3.63) is 41.7 Å². The first kappa shape index (κ1) is 22.1. The summed E-state index contributed by atoms with van der Waals surface area (Å²) in [7, 11) is 0. The molecule has 6 heteroatoms. The molecule has 1 aliphatic heterocycles. The normalized spacial score (nSPS) is 19.2. The van der Waals surface area contributed by atoms with Crippen molar-refractivity contribution < 1.29 is 14.1 Å². The molecule has 0 saturated carbocycles. The molecule has 1 fully saturated rings. The van der Waals surface area contributed by atoms with E-state index in [1.54, 1.807) is 0 Å². The van der Waals surface area contributed by atoms with E-state index in [1.807, 2.05) is 62.9 Å². The summed E-state index contributed by atoms with van der Waals surface area (Å²) in [6.07, 6.45) is 2.47. The molecule has 0 spiro atoms. The highest BCUT2D eigenvalue weighted by atomic mass is 16.5. The van der Waals surface area contributed by atoms with Gasteiger partial charge in [-0.3, -0.25) is 9.59 Å². The van der Waals surface area contributed by atoms with Crippen LogP contribution in [0.3, 0.4) is 0 Å².